The van der Waals surface area contributed by atoms with Gasteiger partial charge in [0.15, 0.2) is 0 Å². The van der Waals surface area contributed by atoms with Crippen LogP contribution in [0.1, 0.15) is 40.5 Å². The highest BCUT2D eigenvalue weighted by molar-refractivity contribution is 7.92. The first-order valence-electron chi connectivity index (χ1n) is 12.8. The van der Waals surface area contributed by atoms with E-state index in [1.54, 1.807) is 18.2 Å². The predicted octanol–water partition coefficient (Wildman–Crippen LogP) is 4.62. The standard InChI is InChI=1S/C26H25F6N7O3S/c1-38(43(2,41)42)22-14(4-3-7-33-22)10-34-21-20(25(27,28)29)11-35-24(37-21)36-17-5-6-18-15-8-16(19(18)9-17)13-39(12-15)23(40)26(30,31)32/h3-7,9,11,15-16H,8,10,12-13H2,1-2H3,(H2,34,35,36,37). The molecule has 2 unspecified atom stereocenters. The monoisotopic (exact) mass is 629 g/mol. The van der Waals surface area contributed by atoms with Gasteiger partial charge in [0.25, 0.3) is 0 Å². The van der Waals surface area contributed by atoms with Crippen LogP contribution in [0.2, 0.25) is 0 Å². The lowest BCUT2D eigenvalue weighted by Gasteiger charge is -2.32. The van der Waals surface area contributed by atoms with Crippen LogP contribution in [0.5, 0.6) is 0 Å². The van der Waals surface area contributed by atoms with E-state index in [1.807, 2.05) is 0 Å². The highest BCUT2D eigenvalue weighted by Gasteiger charge is 2.47. The number of hydrogen-bond acceptors (Lipinski definition) is 8. The van der Waals surface area contributed by atoms with Crippen molar-refractivity contribution in [2.24, 2.45) is 0 Å². The summed E-state index contributed by atoms with van der Waals surface area (Å²) >= 11 is 0. The van der Waals surface area contributed by atoms with Gasteiger partial charge in [0.1, 0.15) is 17.2 Å². The highest BCUT2D eigenvalue weighted by atomic mass is 32.2. The lowest BCUT2D eigenvalue weighted by molar-refractivity contribution is -0.186. The lowest BCUT2D eigenvalue weighted by Crippen LogP contribution is -2.46. The van der Waals surface area contributed by atoms with Crippen LogP contribution in [0.3, 0.4) is 0 Å². The van der Waals surface area contributed by atoms with E-state index in [-0.39, 0.29) is 43.2 Å². The number of hydrogen-bond donors (Lipinski definition) is 2. The molecular formula is C26H25F6N7O3S. The van der Waals surface area contributed by atoms with E-state index in [4.69, 9.17) is 0 Å². The maximum Gasteiger partial charge on any atom is 0.471 e. The molecule has 2 aliphatic rings. The number of aromatic nitrogens is 3. The van der Waals surface area contributed by atoms with Crippen molar-refractivity contribution in [1.82, 2.24) is 19.9 Å². The van der Waals surface area contributed by atoms with Gasteiger partial charge in [-0.2, -0.15) is 31.3 Å². The first-order chi connectivity index (χ1) is 20.0. The SMILES string of the molecule is CN(c1ncccc1CNc1nc(Nc2ccc3c(c2)C2CC3CN(C(=O)C(F)(F)F)C2)ncc1C(F)(F)F)S(C)(=O)=O. The van der Waals surface area contributed by atoms with Gasteiger partial charge in [0.05, 0.1) is 6.26 Å². The molecule has 2 atom stereocenters. The summed E-state index contributed by atoms with van der Waals surface area (Å²) in [5.41, 5.74) is 1.10. The number of sulfonamides is 1. The van der Waals surface area contributed by atoms with Gasteiger partial charge in [0.2, 0.25) is 16.0 Å². The van der Waals surface area contributed by atoms with Crippen LogP contribution < -0.4 is 14.9 Å². The molecule has 1 saturated heterocycles. The molecule has 1 amide bonds. The van der Waals surface area contributed by atoms with E-state index in [1.165, 1.54) is 25.4 Å². The van der Waals surface area contributed by atoms with Crippen molar-refractivity contribution < 1.29 is 39.6 Å². The Morgan fingerprint density at radius 3 is 2.42 bits per heavy atom. The molecule has 2 aromatic heterocycles. The molecule has 5 rings (SSSR count). The zero-order chi connectivity index (χ0) is 31.3. The molecule has 17 heteroatoms. The molecule has 1 aliphatic heterocycles. The number of likely N-dealkylation sites (tertiary alicyclic amines) is 1. The molecule has 1 fully saturated rings. The number of rotatable bonds is 7. The number of nitrogens with one attached hydrogen (secondary N) is 2. The van der Waals surface area contributed by atoms with Crippen molar-refractivity contribution in [1.29, 1.82) is 0 Å². The van der Waals surface area contributed by atoms with Crippen molar-refractivity contribution in [3.8, 4) is 0 Å². The smallest absolute Gasteiger partial charge is 0.365 e. The molecule has 1 aliphatic carbocycles. The Balaban J connectivity index is 1.38. The van der Waals surface area contributed by atoms with E-state index in [2.05, 4.69) is 25.6 Å². The Bertz CT molecular complexity index is 1670. The topological polar surface area (TPSA) is 120 Å². The predicted molar refractivity (Wildman–Crippen MR) is 144 cm³/mol. The summed E-state index contributed by atoms with van der Waals surface area (Å²) in [6.07, 6.45) is -6.28. The number of amides is 1. The van der Waals surface area contributed by atoms with E-state index in [0.29, 0.717) is 23.9 Å². The lowest BCUT2D eigenvalue weighted by atomic mass is 9.95. The van der Waals surface area contributed by atoms with Crippen LogP contribution >= 0.6 is 0 Å². The second-order valence-electron chi connectivity index (χ2n) is 10.3. The summed E-state index contributed by atoms with van der Waals surface area (Å²) in [4.78, 5) is 24.5. The number of halogens is 6. The minimum absolute atomic E-state index is 0.0253. The Kier molecular flexibility index (Phi) is 7.64. The number of nitrogens with zero attached hydrogens (tertiary/aromatic N) is 5. The normalized spacial score (nSPS) is 18.3. The van der Waals surface area contributed by atoms with Crippen LogP contribution in [0, 0.1) is 0 Å². The van der Waals surface area contributed by atoms with Gasteiger partial charge in [-0.25, -0.2) is 18.4 Å². The van der Waals surface area contributed by atoms with Gasteiger partial charge in [-0.05, 0) is 35.7 Å². The quantitative estimate of drug-likeness (QED) is 0.364. The summed E-state index contributed by atoms with van der Waals surface area (Å²) in [5, 5.41) is 5.46. The number of carbonyl (C=O) groups excluding carboxylic acids is 1. The summed E-state index contributed by atoms with van der Waals surface area (Å²) < 4.78 is 105. The van der Waals surface area contributed by atoms with Crippen LogP contribution in [-0.2, 0) is 27.5 Å². The fourth-order valence-electron chi connectivity index (χ4n) is 5.37. The zero-order valence-electron chi connectivity index (χ0n) is 22.7. The number of carbonyl (C=O) groups is 1. The number of piperidine rings is 1. The molecule has 3 aromatic rings. The first kappa shape index (κ1) is 30.3. The molecule has 0 spiro atoms. The van der Waals surface area contributed by atoms with Crippen LogP contribution in [0.15, 0.2) is 42.7 Å². The molecule has 0 saturated carbocycles. The van der Waals surface area contributed by atoms with E-state index in [9.17, 15) is 39.6 Å². The van der Waals surface area contributed by atoms with Gasteiger partial charge in [0, 0.05) is 62.2 Å². The highest BCUT2D eigenvalue weighted by Crippen LogP contribution is 2.47. The third-order valence-electron chi connectivity index (χ3n) is 7.41. The Morgan fingerprint density at radius 1 is 1.07 bits per heavy atom. The number of pyridine rings is 1. The molecule has 10 nitrogen and oxygen atoms in total. The zero-order valence-corrected chi connectivity index (χ0v) is 23.5. The van der Waals surface area contributed by atoms with Gasteiger partial charge in [-0.15, -0.1) is 0 Å². The third-order valence-corrected chi connectivity index (χ3v) is 8.57. The fraction of sp³-hybridized carbons (Fsp3) is 0.385. The maximum absolute atomic E-state index is 13.8. The largest absolute Gasteiger partial charge is 0.471 e. The minimum Gasteiger partial charge on any atom is -0.365 e. The van der Waals surface area contributed by atoms with Crippen molar-refractivity contribution >= 4 is 39.2 Å². The molecule has 3 heterocycles. The fourth-order valence-corrected chi connectivity index (χ4v) is 5.85. The Hall–Kier alpha value is -4.15. The van der Waals surface area contributed by atoms with Crippen molar-refractivity contribution in [2.75, 3.05) is 41.3 Å². The van der Waals surface area contributed by atoms with Gasteiger partial charge in [-0.1, -0.05) is 12.1 Å². The number of anilines is 4. The summed E-state index contributed by atoms with van der Waals surface area (Å²) in [6.45, 7) is -0.400. The van der Waals surface area contributed by atoms with Crippen molar-refractivity contribution in [2.45, 2.75) is 37.2 Å². The number of benzene rings is 1. The Labute approximate surface area is 242 Å². The molecule has 43 heavy (non-hydrogen) atoms. The summed E-state index contributed by atoms with van der Waals surface area (Å²) in [5.74, 6) is -3.20. The first-order valence-corrected chi connectivity index (χ1v) is 14.7. The maximum atomic E-state index is 13.8. The van der Waals surface area contributed by atoms with Crippen molar-refractivity contribution in [3.05, 3.63) is 65.0 Å². The molecular weight excluding hydrogens is 604 g/mol. The average Bonchev–Trinajstić information content (AvgIpc) is 3.18. The van der Waals surface area contributed by atoms with Gasteiger partial charge in [-0.3, -0.25) is 9.10 Å². The van der Waals surface area contributed by atoms with Crippen molar-refractivity contribution in [3.63, 3.8) is 0 Å². The number of alkyl halides is 6. The van der Waals surface area contributed by atoms with Crippen LogP contribution in [0.25, 0.3) is 0 Å². The molecule has 2 N–H and O–H groups in total. The van der Waals surface area contributed by atoms with E-state index < -0.39 is 39.7 Å². The summed E-state index contributed by atoms with van der Waals surface area (Å²) in [6, 6.07) is 8.03. The van der Waals surface area contributed by atoms with E-state index in [0.717, 1.165) is 26.6 Å². The van der Waals surface area contributed by atoms with Crippen LogP contribution in [-0.4, -0.2) is 66.7 Å². The van der Waals surface area contributed by atoms with Crippen LogP contribution in [0.4, 0.5) is 49.6 Å². The van der Waals surface area contributed by atoms with E-state index >= 15 is 0 Å². The molecule has 1 aromatic carbocycles. The average molecular weight is 630 g/mol. The second-order valence-corrected chi connectivity index (χ2v) is 12.3. The summed E-state index contributed by atoms with van der Waals surface area (Å²) in [7, 11) is -2.43. The minimum atomic E-state index is -4.97. The molecule has 0 radical (unpaired) electrons. The van der Waals surface area contributed by atoms with Gasteiger partial charge >= 0.3 is 18.3 Å². The molecule has 230 valence electrons. The van der Waals surface area contributed by atoms with Gasteiger partial charge < -0.3 is 15.5 Å². The number of fused-ring (bicyclic) bond motifs is 5. The third kappa shape index (κ3) is 6.30. The molecule has 2 bridgehead atoms. The Morgan fingerprint density at radius 2 is 1.77 bits per heavy atom. The second kappa shape index (κ2) is 10.8.